The summed E-state index contributed by atoms with van der Waals surface area (Å²) >= 11 is 0.983. The van der Waals surface area contributed by atoms with Crippen molar-refractivity contribution in [2.24, 2.45) is 0 Å². The van der Waals surface area contributed by atoms with Gasteiger partial charge in [0.15, 0.2) is 0 Å². The number of morpholine rings is 1. The average molecular weight is 484 g/mol. The van der Waals surface area contributed by atoms with E-state index in [1.807, 2.05) is 13.0 Å². The van der Waals surface area contributed by atoms with Crippen LogP contribution < -0.4 is 14.9 Å². The first-order valence-electron chi connectivity index (χ1n) is 10.3. The highest BCUT2D eigenvalue weighted by molar-refractivity contribution is 7.93. The van der Waals surface area contributed by atoms with Crippen LogP contribution in [0, 0.1) is 6.92 Å². The highest BCUT2D eigenvalue weighted by Gasteiger charge is 2.20. The van der Waals surface area contributed by atoms with Crippen molar-refractivity contribution < 1.29 is 13.2 Å². The molecule has 12 heteroatoms. The third-order valence-corrected chi connectivity index (χ3v) is 7.06. The Morgan fingerprint density at radius 2 is 1.76 bits per heavy atom. The van der Waals surface area contributed by atoms with E-state index in [1.165, 1.54) is 6.07 Å². The molecule has 0 saturated carbocycles. The predicted molar refractivity (Wildman–Crippen MR) is 128 cm³/mol. The molecule has 33 heavy (non-hydrogen) atoms. The van der Waals surface area contributed by atoms with Gasteiger partial charge in [0.05, 0.1) is 24.9 Å². The zero-order valence-corrected chi connectivity index (χ0v) is 19.4. The molecule has 1 fully saturated rings. The van der Waals surface area contributed by atoms with Crippen molar-refractivity contribution >= 4 is 55.8 Å². The van der Waals surface area contributed by atoms with Crippen molar-refractivity contribution in [1.29, 1.82) is 0 Å². The van der Waals surface area contributed by atoms with Crippen LogP contribution in [0.3, 0.4) is 0 Å². The normalized spacial score (nSPS) is 14.4. The molecule has 5 rings (SSSR count). The second kappa shape index (κ2) is 8.89. The van der Waals surface area contributed by atoms with Gasteiger partial charge in [-0.2, -0.15) is 8.75 Å². The molecule has 1 aliphatic heterocycles. The lowest BCUT2D eigenvalue weighted by Crippen LogP contribution is -2.36. The molecule has 0 bridgehead atoms. The van der Waals surface area contributed by atoms with Gasteiger partial charge in [0.2, 0.25) is 0 Å². The Balaban J connectivity index is 1.32. The van der Waals surface area contributed by atoms with E-state index in [-0.39, 0.29) is 4.90 Å². The lowest BCUT2D eigenvalue weighted by Gasteiger charge is -2.28. The van der Waals surface area contributed by atoms with Crippen molar-refractivity contribution in [3.8, 4) is 0 Å². The van der Waals surface area contributed by atoms with Gasteiger partial charge in [-0.1, -0.05) is 6.07 Å². The largest absolute Gasteiger partial charge is 0.378 e. The SMILES string of the molecule is Cc1nc(Nc2ccc(NS(=O)(=O)c3cccc4nsnc34)cc2)cc(N2CCOCC2)n1. The second-order valence-electron chi connectivity index (χ2n) is 7.45. The van der Waals surface area contributed by atoms with Crippen molar-refractivity contribution in [1.82, 2.24) is 18.7 Å². The number of hydrogen-bond acceptors (Lipinski definition) is 10. The van der Waals surface area contributed by atoms with E-state index in [1.54, 1.807) is 36.4 Å². The van der Waals surface area contributed by atoms with Crippen molar-refractivity contribution in [2.45, 2.75) is 11.8 Å². The van der Waals surface area contributed by atoms with E-state index in [2.05, 4.69) is 33.7 Å². The van der Waals surface area contributed by atoms with Gasteiger partial charge in [-0.15, -0.1) is 0 Å². The maximum absolute atomic E-state index is 12.9. The van der Waals surface area contributed by atoms with Gasteiger partial charge in [-0.05, 0) is 43.3 Å². The van der Waals surface area contributed by atoms with E-state index in [4.69, 9.17) is 4.74 Å². The third kappa shape index (κ3) is 4.72. The van der Waals surface area contributed by atoms with Crippen LogP contribution in [0.15, 0.2) is 53.4 Å². The van der Waals surface area contributed by atoms with Gasteiger partial charge in [0.1, 0.15) is 33.4 Å². The van der Waals surface area contributed by atoms with Gasteiger partial charge in [0, 0.05) is 30.5 Å². The molecule has 0 amide bonds. The molecular weight excluding hydrogens is 462 g/mol. The number of fused-ring (bicyclic) bond motifs is 1. The summed E-state index contributed by atoms with van der Waals surface area (Å²) in [6, 6.07) is 13.8. The van der Waals surface area contributed by atoms with E-state index in [9.17, 15) is 8.42 Å². The number of ether oxygens (including phenoxy) is 1. The van der Waals surface area contributed by atoms with Crippen LogP contribution in [-0.4, -0.2) is 53.4 Å². The van der Waals surface area contributed by atoms with E-state index < -0.39 is 10.0 Å². The van der Waals surface area contributed by atoms with E-state index in [0.717, 1.165) is 36.3 Å². The molecule has 2 aromatic heterocycles. The standard InChI is InChI=1S/C21H21N7O3S2/c1-14-22-19(13-20(23-14)28-9-11-31-12-10-28)24-15-5-7-16(8-6-15)27-33(29,30)18-4-2-3-17-21(18)26-32-25-17/h2-8,13,27H,9-12H2,1H3,(H,22,23,24). The first kappa shape index (κ1) is 21.5. The minimum absolute atomic E-state index is 0.100. The quantitative estimate of drug-likeness (QED) is 0.426. The zero-order valence-electron chi connectivity index (χ0n) is 17.7. The fourth-order valence-electron chi connectivity index (χ4n) is 3.55. The number of benzene rings is 2. The Labute approximate surface area is 195 Å². The predicted octanol–water partition coefficient (Wildman–Crippen LogP) is 3.17. The Bertz CT molecular complexity index is 1380. The summed E-state index contributed by atoms with van der Waals surface area (Å²) in [5.74, 6) is 2.18. The van der Waals surface area contributed by atoms with Crippen LogP contribution in [0.1, 0.15) is 5.82 Å². The number of rotatable bonds is 6. The Kier molecular flexibility index (Phi) is 5.79. The molecule has 10 nitrogen and oxygen atoms in total. The molecular formula is C21H21N7O3S2. The minimum atomic E-state index is -3.81. The summed E-state index contributed by atoms with van der Waals surface area (Å²) in [5, 5.41) is 3.26. The molecule has 0 atom stereocenters. The maximum Gasteiger partial charge on any atom is 0.264 e. The maximum atomic E-state index is 12.9. The third-order valence-electron chi connectivity index (χ3n) is 5.11. The molecule has 0 radical (unpaired) electrons. The Morgan fingerprint density at radius 3 is 2.55 bits per heavy atom. The highest BCUT2D eigenvalue weighted by atomic mass is 32.2. The number of nitrogens with one attached hydrogen (secondary N) is 2. The second-order valence-corrected chi connectivity index (χ2v) is 9.63. The number of aryl methyl sites for hydroxylation is 1. The van der Waals surface area contributed by atoms with Gasteiger partial charge >= 0.3 is 0 Å². The number of hydrogen-bond donors (Lipinski definition) is 2. The van der Waals surface area contributed by atoms with Crippen LogP contribution >= 0.6 is 11.7 Å². The summed E-state index contributed by atoms with van der Waals surface area (Å²) < 4.78 is 42.0. The van der Waals surface area contributed by atoms with Crippen LogP contribution in [-0.2, 0) is 14.8 Å². The zero-order chi connectivity index (χ0) is 22.8. The average Bonchev–Trinajstić information content (AvgIpc) is 3.29. The lowest BCUT2D eigenvalue weighted by molar-refractivity contribution is 0.122. The molecule has 2 aromatic carbocycles. The van der Waals surface area contributed by atoms with Crippen LogP contribution in [0.4, 0.5) is 23.0 Å². The van der Waals surface area contributed by atoms with Crippen LogP contribution in [0.5, 0.6) is 0 Å². The Morgan fingerprint density at radius 1 is 1.00 bits per heavy atom. The van der Waals surface area contributed by atoms with Crippen LogP contribution in [0.25, 0.3) is 11.0 Å². The van der Waals surface area contributed by atoms with Gasteiger partial charge in [0.25, 0.3) is 10.0 Å². The molecule has 3 heterocycles. The molecule has 0 unspecified atom stereocenters. The van der Waals surface area contributed by atoms with Crippen molar-refractivity contribution in [3.05, 3.63) is 54.4 Å². The van der Waals surface area contributed by atoms with Gasteiger partial charge in [-0.3, -0.25) is 4.72 Å². The minimum Gasteiger partial charge on any atom is -0.378 e. The van der Waals surface area contributed by atoms with E-state index in [0.29, 0.717) is 41.6 Å². The monoisotopic (exact) mass is 483 g/mol. The van der Waals surface area contributed by atoms with E-state index >= 15 is 0 Å². The van der Waals surface area contributed by atoms with Crippen LogP contribution in [0.2, 0.25) is 0 Å². The summed E-state index contributed by atoms with van der Waals surface area (Å²) in [6.07, 6.45) is 0. The first-order chi connectivity index (χ1) is 16.0. The fraction of sp³-hybridized carbons (Fsp3) is 0.238. The van der Waals surface area contributed by atoms with Crippen molar-refractivity contribution in [2.75, 3.05) is 41.2 Å². The van der Waals surface area contributed by atoms with Gasteiger partial charge < -0.3 is 15.0 Å². The van der Waals surface area contributed by atoms with Crippen molar-refractivity contribution in [3.63, 3.8) is 0 Å². The molecule has 4 aromatic rings. The first-order valence-corrected chi connectivity index (χ1v) is 12.5. The smallest absolute Gasteiger partial charge is 0.264 e. The lowest BCUT2D eigenvalue weighted by atomic mass is 10.3. The fourth-order valence-corrected chi connectivity index (χ4v) is 5.37. The molecule has 170 valence electrons. The Hall–Kier alpha value is -3.35. The van der Waals surface area contributed by atoms with Gasteiger partial charge in [-0.25, -0.2) is 18.4 Å². The molecule has 1 aliphatic rings. The summed E-state index contributed by atoms with van der Waals surface area (Å²) in [5.41, 5.74) is 2.13. The molecule has 0 aliphatic carbocycles. The summed E-state index contributed by atoms with van der Waals surface area (Å²) in [6.45, 7) is 4.78. The number of aromatic nitrogens is 4. The molecule has 1 saturated heterocycles. The number of anilines is 4. The topological polar surface area (TPSA) is 122 Å². The number of sulfonamides is 1. The molecule has 0 spiro atoms. The number of nitrogens with zero attached hydrogens (tertiary/aromatic N) is 5. The summed E-state index contributed by atoms with van der Waals surface area (Å²) in [7, 11) is -3.81. The molecule has 2 N–H and O–H groups in total. The highest BCUT2D eigenvalue weighted by Crippen LogP contribution is 2.25. The summed E-state index contributed by atoms with van der Waals surface area (Å²) in [4.78, 5) is 11.3.